The number of halogens is 10. The highest BCUT2D eigenvalue weighted by Gasteiger charge is 2.37. The first-order valence-corrected chi connectivity index (χ1v) is 86.9. The van der Waals surface area contributed by atoms with E-state index in [0.717, 1.165) is 0 Å². The first-order chi connectivity index (χ1) is 54.1. The Kier molecular flexibility index (Phi) is 25.2. The zero-order valence-corrected chi connectivity index (χ0v) is 106. The van der Waals surface area contributed by atoms with E-state index in [-0.39, 0.29) is 0 Å². The van der Waals surface area contributed by atoms with E-state index in [4.69, 9.17) is 0 Å². The van der Waals surface area contributed by atoms with Gasteiger partial charge in [0.25, 0.3) is 0 Å². The number of fused-ring (bicyclic) bond motifs is 26. The minimum absolute atomic E-state index is 1.22. The molecule has 606 valence electrons. The van der Waals surface area contributed by atoms with Gasteiger partial charge < -0.3 is 0 Å². The molecular formula is C77H68Br10S22Si7. The van der Waals surface area contributed by atoms with Crippen LogP contribution in [0.5, 0.6) is 0 Å². The van der Waals surface area contributed by atoms with Gasteiger partial charge in [0.2, 0.25) is 0 Å². The van der Waals surface area contributed by atoms with Crippen molar-refractivity contribution in [3.8, 4) is 11.1 Å². The Morgan fingerprint density at radius 3 is 0.509 bits per heavy atom. The van der Waals surface area contributed by atoms with Gasteiger partial charge in [-0.15, -0.1) is 249 Å². The van der Waals surface area contributed by atoms with Gasteiger partial charge in [-0.1, -0.05) is 137 Å². The lowest BCUT2D eigenvalue weighted by Gasteiger charge is -2.14. The van der Waals surface area contributed by atoms with Crippen LogP contribution in [0.25, 0.3) is 162 Å². The lowest BCUT2D eigenvalue weighted by atomic mass is 10.0. The van der Waals surface area contributed by atoms with Crippen molar-refractivity contribution >= 4 is 647 Å². The molecule has 0 amide bonds. The summed E-state index contributed by atoms with van der Waals surface area (Å²) in [5, 5.41) is 34.8. The molecule has 0 fully saturated rings. The molecule has 0 unspecified atom stereocenters. The molecule has 0 saturated heterocycles. The van der Waals surface area contributed by atoms with E-state index >= 15 is 0 Å². The lowest BCUT2D eigenvalue weighted by Crippen LogP contribution is -2.36. The van der Waals surface area contributed by atoms with Gasteiger partial charge >= 0.3 is 0 Å². The van der Waals surface area contributed by atoms with Gasteiger partial charge in [0.15, 0.2) is 0 Å². The van der Waals surface area contributed by atoms with Crippen LogP contribution in [0, 0.1) is 0 Å². The minimum atomic E-state index is -1.39. The second-order valence-corrected chi connectivity index (χ2v) is 107. The Morgan fingerprint density at radius 1 is 0.155 bits per heavy atom. The Hall–Kier alpha value is 3.88. The molecule has 22 rings (SSSR count). The molecule has 0 aliphatic carbocycles. The summed E-state index contributed by atoms with van der Waals surface area (Å²) in [4.78, 5) is 0. The predicted octanol–water partition coefficient (Wildman–Crippen LogP) is 41.3. The van der Waals surface area contributed by atoms with Gasteiger partial charge in [-0.25, -0.2) is 0 Å². The molecule has 116 heavy (non-hydrogen) atoms. The largest absolute Gasteiger partial charge is 0.133 e. The van der Waals surface area contributed by atoms with Crippen molar-refractivity contribution in [3.63, 3.8) is 0 Å². The van der Waals surface area contributed by atoms with Crippen molar-refractivity contribution in [2.45, 2.75) is 137 Å². The highest BCUT2D eigenvalue weighted by atomic mass is 79.9. The van der Waals surface area contributed by atoms with Gasteiger partial charge in [0.05, 0.1) is 121 Å². The topological polar surface area (TPSA) is 0 Å². The summed E-state index contributed by atoms with van der Waals surface area (Å²) in [6, 6.07) is 0. The quantitative estimate of drug-likeness (QED) is 0.133. The molecule has 0 nitrogen and oxygen atoms in total. The van der Waals surface area contributed by atoms with Crippen molar-refractivity contribution in [1.82, 2.24) is 0 Å². The van der Waals surface area contributed by atoms with Crippen LogP contribution in [-0.4, -0.2) is 56.5 Å². The first-order valence-electron chi connectivity index (χ1n) is 36.2. The smallest absolute Gasteiger partial charge is 0.0920 e. The van der Waals surface area contributed by atoms with Gasteiger partial charge in [0, 0.05) is 200 Å². The van der Waals surface area contributed by atoms with Gasteiger partial charge in [-0.2, -0.15) is 0 Å². The van der Waals surface area contributed by atoms with E-state index in [1.807, 2.05) is 249 Å². The maximum Gasteiger partial charge on any atom is 0.0920 e. The summed E-state index contributed by atoms with van der Waals surface area (Å²) in [5.41, 5.74) is 2.85. The molecule has 0 aliphatic heterocycles. The molecule has 0 bridgehead atoms. The number of thiophene rings is 22. The third kappa shape index (κ3) is 15.4. The maximum atomic E-state index is 4.08. The van der Waals surface area contributed by atoms with Crippen molar-refractivity contribution in [2.24, 2.45) is 0 Å². The molecule has 0 atom stereocenters. The fourth-order valence-electron chi connectivity index (χ4n) is 14.3. The number of hydrogen-bond donors (Lipinski definition) is 0. The van der Waals surface area contributed by atoms with Crippen LogP contribution in [-0.2, 0) is 0 Å². The standard InChI is InChI=1S/C22H18Br2S7Si2.C22H20Br2S6Si2.C14H18Br2S3Si2.C11H10Br2S3Si.C8H2Br2S3/c1-32(2,3)21-13(23)11-9-7-8-10-12-14(24)22(33(4,5)6)31-20(12)29-18(10)27-16(8)25-15(7)26-17(9)28-19(11)30-21;1-31(2,3)21-15(23)13-11-9(7-25-17(11)27-19(13)29-21)10-8-26-18-12(10)14-16(24)22(32(4,5)6)30-20(14)28-18;1-20(2,3)13-9(15)7-8-10(16)14(21(4,5)6)19-12(8)17-11(7)18-13;1-17(2,3)11-8(13)7-6-5(12)4-14-9(6)15-10(7)16-11;9-3-1-11-7-5(3)6-4(10)2-12-8(6)13-7/h1-6H3;7-8H,1-6H3;1-6H3;4H,1-3H3;1-2H. The van der Waals surface area contributed by atoms with Crippen molar-refractivity contribution in [1.29, 1.82) is 0 Å². The average molecular weight is 2690 g/mol. The summed E-state index contributed by atoms with van der Waals surface area (Å²) in [5.74, 6) is 0. The second kappa shape index (κ2) is 32.4. The molecule has 39 heteroatoms. The third-order valence-electron chi connectivity index (χ3n) is 19.6. The monoisotopic (exact) mass is 2680 g/mol. The molecule has 22 aromatic rings. The van der Waals surface area contributed by atoms with E-state index in [1.165, 1.54) is 206 Å². The van der Waals surface area contributed by atoms with Crippen LogP contribution in [0.15, 0.2) is 71.6 Å². The molecule has 0 aromatic carbocycles. The number of rotatable bonds is 8. The maximum absolute atomic E-state index is 4.08. The Labute approximate surface area is 852 Å². The van der Waals surface area contributed by atoms with Gasteiger partial charge in [-0.3, -0.25) is 0 Å². The zero-order valence-electron chi connectivity index (χ0n) is 65.6. The predicted molar refractivity (Wildman–Crippen MR) is 629 cm³/mol. The molecule has 0 radical (unpaired) electrons. The summed E-state index contributed by atoms with van der Waals surface area (Å²) in [6.07, 6.45) is 0. The highest BCUT2D eigenvalue weighted by molar-refractivity contribution is 9.12. The van der Waals surface area contributed by atoms with Crippen LogP contribution in [0.1, 0.15) is 0 Å². The molecular weight excluding hydrogens is 2630 g/mol. The van der Waals surface area contributed by atoms with Crippen LogP contribution < -0.4 is 31.5 Å². The van der Waals surface area contributed by atoms with Crippen molar-refractivity contribution < 1.29 is 0 Å². The minimum Gasteiger partial charge on any atom is -0.133 e. The van der Waals surface area contributed by atoms with Crippen LogP contribution >= 0.6 is 409 Å². The molecule has 22 aromatic heterocycles. The summed E-state index contributed by atoms with van der Waals surface area (Å²) in [6.45, 7) is 51.3. The van der Waals surface area contributed by atoms with E-state index in [1.54, 1.807) is 31.5 Å². The molecule has 0 N–H and O–H groups in total. The fraction of sp³-hybridized carbons (Fsp3) is 0.273. The molecule has 22 heterocycles. The Morgan fingerprint density at radius 2 is 0.293 bits per heavy atom. The lowest BCUT2D eigenvalue weighted by molar-refractivity contribution is 1.77. The molecule has 0 spiro atoms. The summed E-state index contributed by atoms with van der Waals surface area (Å²) >= 11 is 82.1. The van der Waals surface area contributed by atoms with E-state index in [2.05, 4.69) is 324 Å². The van der Waals surface area contributed by atoms with E-state index in [9.17, 15) is 0 Å². The van der Waals surface area contributed by atoms with Crippen LogP contribution in [0.2, 0.25) is 137 Å². The third-order valence-corrected chi connectivity index (χ3v) is 84.1. The molecule has 0 aliphatic rings. The Balaban J connectivity index is 0.000000104. The molecule has 0 saturated carbocycles. The normalized spacial score (nSPS) is 13.5. The van der Waals surface area contributed by atoms with E-state index < -0.39 is 56.5 Å². The van der Waals surface area contributed by atoms with E-state index in [0.29, 0.717) is 0 Å². The van der Waals surface area contributed by atoms with Crippen molar-refractivity contribution in [2.75, 3.05) is 0 Å². The SMILES string of the molecule is Brc1csc2sc3scc(Br)c3c12.C[Si](C)(C)c1sc2sc3sc([Si](C)(C)C)c(Br)c3c2c1Br.C[Si](C)(C)c1sc2sc3sc4sc5sc6sc7sc([Si](C)(C)C)c(Br)c7c6c5c4c3c2c1Br.C[Si](C)(C)c1sc2sc3scc(-c4csc5sc6sc([Si](C)(C)C)c(Br)c6c45)c3c2c1Br.C[Si](C)(C)c1sc2sc3scc(Br)c3c2c1Br. The second-order valence-electron chi connectivity index (χ2n) is 35.6. The summed E-state index contributed by atoms with van der Waals surface area (Å²) in [7, 11) is -9.35. The summed E-state index contributed by atoms with van der Waals surface area (Å²) < 4.78 is 48.0. The van der Waals surface area contributed by atoms with Gasteiger partial charge in [-0.05, 0) is 159 Å². The average Bonchev–Trinajstić information content (AvgIpc) is 1.54. The Bertz CT molecular complexity index is 7360. The fourth-order valence-corrected chi connectivity index (χ4v) is 81.7. The zero-order chi connectivity index (χ0) is 83.0. The van der Waals surface area contributed by atoms with Crippen LogP contribution in [0.4, 0.5) is 0 Å². The van der Waals surface area contributed by atoms with Gasteiger partial charge in [0.1, 0.15) is 0 Å². The highest BCUT2D eigenvalue weighted by Crippen LogP contribution is 2.61. The van der Waals surface area contributed by atoms with Crippen LogP contribution in [0.3, 0.4) is 0 Å². The first kappa shape index (κ1) is 90.4. The number of hydrogen-bond acceptors (Lipinski definition) is 22. The van der Waals surface area contributed by atoms with Crippen molar-refractivity contribution in [3.05, 3.63) is 71.6 Å².